The van der Waals surface area contributed by atoms with E-state index in [-0.39, 0.29) is 11.9 Å². The summed E-state index contributed by atoms with van der Waals surface area (Å²) in [7, 11) is 1.70. The zero-order valence-corrected chi connectivity index (χ0v) is 23.9. The second kappa shape index (κ2) is 11.4. The van der Waals surface area contributed by atoms with Crippen LogP contribution in [0.15, 0.2) is 83.9 Å². The average Bonchev–Trinajstić information content (AvgIpc) is 3.08. The van der Waals surface area contributed by atoms with Crippen LogP contribution in [0, 0.1) is 0 Å². The number of halogens is 2. The molecular formula is C31H29Cl2N6O2+. The first-order valence-corrected chi connectivity index (χ1v) is 14.1. The van der Waals surface area contributed by atoms with Gasteiger partial charge in [-0.3, -0.25) is 4.79 Å². The maximum atomic E-state index is 13.7. The van der Waals surface area contributed by atoms with Crippen LogP contribution in [-0.4, -0.2) is 57.1 Å². The minimum absolute atomic E-state index is 0.0935. The van der Waals surface area contributed by atoms with Crippen LogP contribution < -0.4 is 25.8 Å². The molecule has 208 valence electrons. The second-order valence-corrected chi connectivity index (χ2v) is 10.7. The molecule has 4 aromatic carbocycles. The molecule has 41 heavy (non-hydrogen) atoms. The lowest BCUT2D eigenvalue weighted by Crippen LogP contribution is -2.82. The van der Waals surface area contributed by atoms with Crippen LogP contribution in [0.2, 0.25) is 10.0 Å². The molecule has 1 fully saturated rings. The van der Waals surface area contributed by atoms with E-state index in [2.05, 4.69) is 32.3 Å². The van der Waals surface area contributed by atoms with E-state index in [1.165, 1.54) is 0 Å². The third kappa shape index (κ3) is 5.34. The van der Waals surface area contributed by atoms with Gasteiger partial charge in [-0.1, -0.05) is 59.6 Å². The Kier molecular flexibility index (Phi) is 7.53. The number of aliphatic imine (C=N–C) groups is 1. The van der Waals surface area contributed by atoms with E-state index >= 15 is 0 Å². The van der Waals surface area contributed by atoms with Gasteiger partial charge in [-0.05, 0) is 42.5 Å². The number of carbonyl (C=O) groups is 1. The molecule has 4 N–H and O–H groups in total. The number of amides is 1. The monoisotopic (exact) mass is 587 g/mol. The number of rotatable bonds is 4. The van der Waals surface area contributed by atoms with Crippen molar-refractivity contribution in [2.45, 2.75) is 6.17 Å². The summed E-state index contributed by atoms with van der Waals surface area (Å²) in [6, 6.07) is 25.0. The fourth-order valence-corrected chi connectivity index (χ4v) is 5.74. The summed E-state index contributed by atoms with van der Waals surface area (Å²) in [6.07, 6.45) is -1.02. The van der Waals surface area contributed by atoms with E-state index in [0.29, 0.717) is 34.7 Å². The smallest absolute Gasteiger partial charge is 0.328 e. The summed E-state index contributed by atoms with van der Waals surface area (Å²) in [4.78, 5) is 25.4. The molecule has 1 amide bonds. The third-order valence-corrected chi connectivity index (χ3v) is 7.93. The molecule has 2 aliphatic heterocycles. The summed E-state index contributed by atoms with van der Waals surface area (Å²) >= 11 is 13.0. The number of likely N-dealkylation sites (N-methyl/N-ethyl adjacent to an activating group) is 1. The number of ether oxygens (including phenoxy) is 1. The minimum atomic E-state index is -1.02. The van der Waals surface area contributed by atoms with Crippen molar-refractivity contribution >= 4 is 68.6 Å². The lowest BCUT2D eigenvalue weighted by molar-refractivity contribution is -0.483. The summed E-state index contributed by atoms with van der Waals surface area (Å²) in [5, 5.41) is 6.38. The van der Waals surface area contributed by atoms with Gasteiger partial charge in [0.25, 0.3) is 0 Å². The highest BCUT2D eigenvalue weighted by Crippen LogP contribution is 2.33. The highest BCUT2D eigenvalue weighted by atomic mass is 35.5. The zero-order chi connectivity index (χ0) is 28.5. The lowest BCUT2D eigenvalue weighted by Gasteiger charge is -2.30. The number of nitrogens with two attached hydrogens (primary N) is 1. The van der Waals surface area contributed by atoms with Crippen LogP contribution >= 0.6 is 23.2 Å². The summed E-state index contributed by atoms with van der Waals surface area (Å²) in [6.45, 7) is 3.07. The Bertz CT molecular complexity index is 1700. The van der Waals surface area contributed by atoms with Gasteiger partial charge in [0, 0.05) is 47.3 Å². The van der Waals surface area contributed by atoms with Crippen LogP contribution in [-0.2, 0) is 9.53 Å². The Hall–Kier alpha value is -4.11. The number of fused-ring (bicyclic) bond motifs is 2. The van der Waals surface area contributed by atoms with E-state index in [9.17, 15) is 4.79 Å². The van der Waals surface area contributed by atoms with Crippen LogP contribution in [0.5, 0.6) is 0 Å². The predicted molar refractivity (Wildman–Crippen MR) is 167 cm³/mol. The van der Waals surface area contributed by atoms with Crippen molar-refractivity contribution < 1.29 is 14.5 Å². The molecule has 1 saturated heterocycles. The van der Waals surface area contributed by atoms with Crippen molar-refractivity contribution in [3.05, 3.63) is 100 Å². The van der Waals surface area contributed by atoms with E-state index in [4.69, 9.17) is 33.7 Å². The van der Waals surface area contributed by atoms with Crippen LogP contribution in [0.4, 0.5) is 17.1 Å². The molecule has 0 spiro atoms. The first kappa shape index (κ1) is 27.1. The van der Waals surface area contributed by atoms with Crippen LogP contribution in [0.3, 0.4) is 0 Å². The normalized spacial score (nSPS) is 17.7. The number of hydrogen-bond acceptors (Lipinski definition) is 4. The van der Waals surface area contributed by atoms with Crippen LogP contribution in [0.25, 0.3) is 10.8 Å². The first-order valence-electron chi connectivity index (χ1n) is 13.3. The van der Waals surface area contributed by atoms with Crippen molar-refractivity contribution in [1.29, 1.82) is 0 Å². The van der Waals surface area contributed by atoms with Gasteiger partial charge < -0.3 is 25.6 Å². The summed E-state index contributed by atoms with van der Waals surface area (Å²) in [5.74, 6) is -0.191. The number of nitrogens with one attached hydrogen (secondary N) is 2. The van der Waals surface area contributed by atoms with E-state index in [0.717, 1.165) is 46.4 Å². The quantitative estimate of drug-likeness (QED) is 0.250. The fraction of sp³-hybridized carbons (Fsp3) is 0.194. The third-order valence-electron chi connectivity index (χ3n) is 7.36. The van der Waals surface area contributed by atoms with Crippen molar-refractivity contribution in [1.82, 2.24) is 0 Å². The van der Waals surface area contributed by atoms with Crippen molar-refractivity contribution in [2.75, 3.05) is 48.5 Å². The van der Waals surface area contributed by atoms with Gasteiger partial charge >= 0.3 is 12.1 Å². The molecule has 2 aliphatic rings. The topological polar surface area (TPSA) is 97.2 Å². The maximum Gasteiger partial charge on any atom is 0.328 e. The van der Waals surface area contributed by atoms with E-state index in [1.54, 1.807) is 24.1 Å². The molecule has 4 aromatic rings. The highest BCUT2D eigenvalue weighted by molar-refractivity contribution is 6.36. The number of hydrogen-bond donors (Lipinski definition) is 3. The molecule has 2 heterocycles. The van der Waals surface area contributed by atoms with Crippen molar-refractivity contribution in [3.63, 3.8) is 0 Å². The molecule has 10 heteroatoms. The summed E-state index contributed by atoms with van der Waals surface area (Å²) in [5.41, 5.74) is 11.1. The van der Waals surface area contributed by atoms with Gasteiger partial charge in [-0.2, -0.15) is 4.99 Å². The number of nitrogens with zero attached hydrogens (tertiary/aromatic N) is 3. The van der Waals surface area contributed by atoms with Gasteiger partial charge in [-0.25, -0.2) is 4.99 Å². The number of benzodiazepines with no additional fused rings is 1. The number of guanidine groups is 1. The summed E-state index contributed by atoms with van der Waals surface area (Å²) < 4.78 is 5.54. The lowest BCUT2D eigenvalue weighted by atomic mass is 10.00. The number of anilines is 3. The molecule has 0 aromatic heterocycles. The van der Waals surface area contributed by atoms with Gasteiger partial charge in [0.2, 0.25) is 5.71 Å². The fourth-order valence-electron chi connectivity index (χ4n) is 5.34. The SMILES string of the molecule is CN1C(=O)C(/N=C(\N)Nc2ccc(N3CCOCC3)c3ccccc23)[NH+]=C(c2ccccc2Cl)c2cc(Cl)ccc21. The molecule has 6 rings (SSSR count). The van der Waals surface area contributed by atoms with E-state index < -0.39 is 6.17 Å². The largest absolute Gasteiger partial charge is 0.378 e. The molecule has 1 unspecified atom stereocenters. The molecule has 8 nitrogen and oxygen atoms in total. The second-order valence-electron chi connectivity index (χ2n) is 9.88. The maximum absolute atomic E-state index is 13.7. The number of benzene rings is 4. The molecule has 0 bridgehead atoms. The molecule has 0 aliphatic carbocycles. The number of carbonyl (C=O) groups excluding carboxylic acids is 1. The standard InChI is InChI=1S/C31H28Cl2N6O2/c1-38-26-12-10-19(32)18-23(26)28(22-8-4-5-9-24(22)33)36-29(30(38)40)37-31(34)35-25-11-13-27(39-14-16-41-17-15-39)21-7-3-2-6-20(21)25/h2-13,18,29H,14-17H2,1H3,(H3,34,35,37)/p+1. The average molecular weight is 589 g/mol. The Balaban J connectivity index is 1.39. The van der Waals surface area contributed by atoms with Gasteiger partial charge in [-0.15, -0.1) is 0 Å². The van der Waals surface area contributed by atoms with E-state index in [1.807, 2.05) is 54.6 Å². The Morgan fingerprint density at radius 1 is 0.951 bits per heavy atom. The zero-order valence-electron chi connectivity index (χ0n) is 22.4. The van der Waals surface area contributed by atoms with Gasteiger partial charge in [0.1, 0.15) is 0 Å². The predicted octanol–water partition coefficient (Wildman–Crippen LogP) is 3.63. The van der Waals surface area contributed by atoms with Gasteiger partial charge in [0.15, 0.2) is 5.96 Å². The van der Waals surface area contributed by atoms with Crippen molar-refractivity contribution in [3.8, 4) is 0 Å². The van der Waals surface area contributed by atoms with Crippen molar-refractivity contribution in [2.24, 2.45) is 10.7 Å². The van der Waals surface area contributed by atoms with Gasteiger partial charge in [0.05, 0.1) is 35.1 Å². The Morgan fingerprint density at radius 3 is 2.44 bits per heavy atom. The number of morpholine rings is 1. The molecule has 0 saturated carbocycles. The highest BCUT2D eigenvalue weighted by Gasteiger charge is 2.36. The molecule has 1 atom stereocenters. The molecule has 0 radical (unpaired) electrons. The van der Waals surface area contributed by atoms with Crippen LogP contribution in [0.1, 0.15) is 11.1 Å². The Labute approximate surface area is 248 Å². The Morgan fingerprint density at radius 2 is 1.66 bits per heavy atom. The first-order chi connectivity index (χ1) is 19.9. The minimum Gasteiger partial charge on any atom is -0.378 e. The molecular weight excluding hydrogens is 559 g/mol.